The van der Waals surface area contributed by atoms with E-state index < -0.39 is 11.8 Å². The predicted molar refractivity (Wildman–Crippen MR) is 136 cm³/mol. The standard InChI is InChI=1S/C26H21Cl2N3O4/c1-35-21-12-9-18(27)15-20(21)30-24(32)17-7-10-19(11-8-17)29-23-22(28)25(33)31(26(23)34)14-13-16-5-3-2-4-6-16/h2-12,15,29H,13-14H2,1H3,(H,30,32). The number of hydrogen-bond acceptors (Lipinski definition) is 5. The molecule has 0 atom stereocenters. The molecule has 0 saturated heterocycles. The Morgan fingerprint density at radius 2 is 1.66 bits per heavy atom. The zero-order chi connectivity index (χ0) is 24.9. The number of rotatable bonds is 8. The van der Waals surface area contributed by atoms with Gasteiger partial charge in [-0.2, -0.15) is 0 Å². The molecule has 0 fully saturated rings. The highest BCUT2D eigenvalue weighted by Crippen LogP contribution is 2.29. The van der Waals surface area contributed by atoms with Crippen LogP contribution in [0.25, 0.3) is 0 Å². The van der Waals surface area contributed by atoms with Crippen molar-refractivity contribution in [3.63, 3.8) is 0 Å². The van der Waals surface area contributed by atoms with E-state index in [0.717, 1.165) is 10.5 Å². The van der Waals surface area contributed by atoms with Gasteiger partial charge in [-0.15, -0.1) is 0 Å². The minimum atomic E-state index is -0.540. The maximum absolute atomic E-state index is 12.8. The van der Waals surface area contributed by atoms with Gasteiger partial charge in [-0.3, -0.25) is 19.3 Å². The smallest absolute Gasteiger partial charge is 0.278 e. The fourth-order valence-electron chi connectivity index (χ4n) is 3.57. The third kappa shape index (κ3) is 5.48. The van der Waals surface area contributed by atoms with Gasteiger partial charge in [0.05, 0.1) is 12.8 Å². The maximum Gasteiger partial charge on any atom is 0.278 e. The van der Waals surface area contributed by atoms with Crippen LogP contribution in [-0.2, 0) is 16.0 Å². The molecule has 3 aromatic rings. The van der Waals surface area contributed by atoms with Crippen molar-refractivity contribution in [2.24, 2.45) is 0 Å². The van der Waals surface area contributed by atoms with Gasteiger partial charge in [0, 0.05) is 22.8 Å². The Morgan fingerprint density at radius 1 is 0.943 bits per heavy atom. The fourth-order valence-corrected chi connectivity index (χ4v) is 3.97. The zero-order valence-corrected chi connectivity index (χ0v) is 20.2. The van der Waals surface area contributed by atoms with E-state index in [0.29, 0.717) is 34.1 Å². The highest BCUT2D eigenvalue weighted by Gasteiger charge is 2.37. The molecule has 3 aromatic carbocycles. The highest BCUT2D eigenvalue weighted by molar-refractivity contribution is 6.48. The summed E-state index contributed by atoms with van der Waals surface area (Å²) in [5, 5.41) is 5.96. The van der Waals surface area contributed by atoms with Gasteiger partial charge in [-0.05, 0) is 54.4 Å². The minimum absolute atomic E-state index is 0.00518. The molecule has 0 unspecified atom stereocenters. The summed E-state index contributed by atoms with van der Waals surface area (Å²) in [5.74, 6) is -0.926. The largest absolute Gasteiger partial charge is 0.495 e. The van der Waals surface area contributed by atoms with Gasteiger partial charge in [-0.25, -0.2) is 0 Å². The van der Waals surface area contributed by atoms with E-state index in [1.807, 2.05) is 30.3 Å². The van der Waals surface area contributed by atoms with Crippen molar-refractivity contribution < 1.29 is 19.1 Å². The molecule has 0 saturated carbocycles. The summed E-state index contributed by atoms with van der Waals surface area (Å²) < 4.78 is 5.25. The van der Waals surface area contributed by atoms with Crippen LogP contribution in [0.3, 0.4) is 0 Å². The summed E-state index contributed by atoms with van der Waals surface area (Å²) in [6.45, 7) is 0.217. The maximum atomic E-state index is 12.8. The van der Waals surface area contributed by atoms with Crippen LogP contribution >= 0.6 is 23.2 Å². The van der Waals surface area contributed by atoms with E-state index in [2.05, 4.69) is 10.6 Å². The quantitative estimate of drug-likeness (QED) is 0.413. The normalized spacial score (nSPS) is 13.3. The summed E-state index contributed by atoms with van der Waals surface area (Å²) in [4.78, 5) is 39.2. The number of carbonyl (C=O) groups is 3. The van der Waals surface area contributed by atoms with Crippen molar-refractivity contribution in [1.29, 1.82) is 0 Å². The molecule has 0 radical (unpaired) electrons. The van der Waals surface area contributed by atoms with Crippen LogP contribution < -0.4 is 15.4 Å². The number of ether oxygens (including phenoxy) is 1. The van der Waals surface area contributed by atoms with Crippen LogP contribution in [0.15, 0.2) is 83.5 Å². The second-order valence-corrected chi connectivity index (χ2v) is 8.50. The molecular weight excluding hydrogens is 489 g/mol. The number of nitrogens with one attached hydrogen (secondary N) is 2. The Morgan fingerprint density at radius 3 is 2.34 bits per heavy atom. The van der Waals surface area contributed by atoms with Crippen molar-refractivity contribution in [2.45, 2.75) is 6.42 Å². The van der Waals surface area contributed by atoms with Gasteiger partial charge in [0.15, 0.2) is 0 Å². The predicted octanol–water partition coefficient (Wildman–Crippen LogP) is 5.07. The number of carbonyl (C=O) groups excluding carboxylic acids is 3. The minimum Gasteiger partial charge on any atom is -0.495 e. The third-order valence-corrected chi connectivity index (χ3v) is 5.99. The highest BCUT2D eigenvalue weighted by atomic mass is 35.5. The molecule has 3 amide bonds. The van der Waals surface area contributed by atoms with Crippen LogP contribution in [0.1, 0.15) is 15.9 Å². The molecule has 178 valence electrons. The van der Waals surface area contributed by atoms with Gasteiger partial charge < -0.3 is 15.4 Å². The number of methoxy groups -OCH3 is 1. The molecule has 4 rings (SSSR count). The SMILES string of the molecule is COc1ccc(Cl)cc1NC(=O)c1ccc(NC2=C(Cl)C(=O)N(CCc3ccccc3)C2=O)cc1. The number of benzene rings is 3. The lowest BCUT2D eigenvalue weighted by molar-refractivity contribution is -0.137. The van der Waals surface area contributed by atoms with Gasteiger partial charge in [0.1, 0.15) is 16.5 Å². The van der Waals surface area contributed by atoms with Crippen LogP contribution in [0.2, 0.25) is 5.02 Å². The molecule has 0 aliphatic carbocycles. The Labute approximate surface area is 212 Å². The van der Waals surface area contributed by atoms with Crippen LogP contribution in [-0.4, -0.2) is 36.3 Å². The van der Waals surface area contributed by atoms with Crippen molar-refractivity contribution in [3.8, 4) is 5.75 Å². The third-order valence-electron chi connectivity index (χ3n) is 5.40. The van der Waals surface area contributed by atoms with Crippen LogP contribution in [0.4, 0.5) is 11.4 Å². The first kappa shape index (κ1) is 24.3. The molecule has 7 nitrogen and oxygen atoms in total. The van der Waals surface area contributed by atoms with Gasteiger partial charge in [0.25, 0.3) is 17.7 Å². The van der Waals surface area contributed by atoms with Gasteiger partial charge >= 0.3 is 0 Å². The van der Waals surface area contributed by atoms with E-state index in [4.69, 9.17) is 27.9 Å². The topological polar surface area (TPSA) is 87.7 Å². The number of amides is 3. The van der Waals surface area contributed by atoms with Crippen molar-refractivity contribution >= 4 is 52.3 Å². The Bertz CT molecular complexity index is 1310. The number of nitrogens with zero attached hydrogens (tertiary/aromatic N) is 1. The van der Waals surface area contributed by atoms with E-state index in [-0.39, 0.29) is 23.2 Å². The lowest BCUT2D eigenvalue weighted by Gasteiger charge is -2.15. The van der Waals surface area contributed by atoms with Gasteiger partial charge in [0.2, 0.25) is 0 Å². The van der Waals surface area contributed by atoms with Crippen LogP contribution in [0.5, 0.6) is 5.75 Å². The fraction of sp³-hybridized carbons (Fsp3) is 0.115. The average molecular weight is 510 g/mol. The number of imide groups is 1. The monoisotopic (exact) mass is 509 g/mol. The number of anilines is 2. The molecule has 1 aliphatic rings. The Hall–Kier alpha value is -3.81. The number of halogens is 2. The number of hydrogen-bond donors (Lipinski definition) is 2. The lowest BCUT2D eigenvalue weighted by Crippen LogP contribution is -2.34. The molecular formula is C26H21Cl2N3O4. The van der Waals surface area contributed by atoms with Crippen molar-refractivity contribution in [1.82, 2.24) is 4.90 Å². The second kappa shape index (κ2) is 10.6. The lowest BCUT2D eigenvalue weighted by atomic mass is 10.1. The molecule has 0 aromatic heterocycles. The molecule has 9 heteroatoms. The van der Waals surface area contributed by atoms with E-state index in [1.165, 1.54) is 7.11 Å². The summed E-state index contributed by atoms with van der Waals surface area (Å²) in [7, 11) is 1.50. The van der Waals surface area contributed by atoms with Crippen molar-refractivity contribution in [2.75, 3.05) is 24.3 Å². The first-order chi connectivity index (χ1) is 16.9. The molecule has 35 heavy (non-hydrogen) atoms. The van der Waals surface area contributed by atoms with E-state index >= 15 is 0 Å². The summed E-state index contributed by atoms with van der Waals surface area (Å²) in [6, 6.07) is 20.9. The molecule has 0 spiro atoms. The Kier molecular flexibility index (Phi) is 7.39. The molecule has 2 N–H and O–H groups in total. The van der Waals surface area contributed by atoms with Crippen LogP contribution in [0, 0.1) is 0 Å². The molecule has 0 bridgehead atoms. The summed E-state index contributed by atoms with van der Waals surface area (Å²) in [5.41, 5.74) is 2.33. The van der Waals surface area contributed by atoms with E-state index in [1.54, 1.807) is 42.5 Å². The Balaban J connectivity index is 1.41. The summed E-state index contributed by atoms with van der Waals surface area (Å²) >= 11 is 12.2. The van der Waals surface area contributed by atoms with Gasteiger partial charge in [-0.1, -0.05) is 53.5 Å². The second-order valence-electron chi connectivity index (χ2n) is 7.69. The van der Waals surface area contributed by atoms with E-state index in [9.17, 15) is 14.4 Å². The average Bonchev–Trinajstić information content (AvgIpc) is 3.06. The molecule has 1 heterocycles. The summed E-state index contributed by atoms with van der Waals surface area (Å²) in [6.07, 6.45) is 0.525. The first-order valence-corrected chi connectivity index (χ1v) is 11.4. The van der Waals surface area contributed by atoms with Crippen molar-refractivity contribution in [3.05, 3.63) is 99.7 Å². The zero-order valence-electron chi connectivity index (χ0n) is 18.7. The first-order valence-electron chi connectivity index (χ1n) is 10.7. The molecule has 1 aliphatic heterocycles.